The molecule has 8 heteroatoms. The van der Waals surface area contributed by atoms with E-state index in [1.807, 2.05) is 6.92 Å². The number of hydrogen-bond acceptors (Lipinski definition) is 6. The number of aliphatic hydroxyl groups is 1. The number of ether oxygens (including phenoxy) is 1. The molecule has 1 aliphatic rings. The summed E-state index contributed by atoms with van der Waals surface area (Å²) in [7, 11) is 1.31. The van der Waals surface area contributed by atoms with Crippen molar-refractivity contribution in [2.24, 2.45) is 4.99 Å². The zero-order valence-corrected chi connectivity index (χ0v) is 16.1. The van der Waals surface area contributed by atoms with Crippen LogP contribution in [0.1, 0.15) is 28.9 Å². The summed E-state index contributed by atoms with van der Waals surface area (Å²) in [6, 6.07) is 11.9. The van der Waals surface area contributed by atoms with Gasteiger partial charge in [-0.3, -0.25) is 9.69 Å². The monoisotopic (exact) mass is 402 g/mol. The highest BCUT2D eigenvalue weighted by molar-refractivity contribution is 8.15. The van der Waals surface area contributed by atoms with Crippen LogP contribution in [0.3, 0.4) is 0 Å². The first kappa shape index (κ1) is 20.0. The van der Waals surface area contributed by atoms with E-state index >= 15 is 0 Å². The van der Waals surface area contributed by atoms with Crippen molar-refractivity contribution in [3.8, 4) is 0 Å². The Hall–Kier alpha value is -2.71. The fourth-order valence-corrected chi connectivity index (χ4v) is 4.03. The van der Waals surface area contributed by atoms with E-state index in [1.54, 1.807) is 24.3 Å². The van der Waals surface area contributed by atoms with Crippen LogP contribution in [0.2, 0.25) is 0 Å². The zero-order valence-electron chi connectivity index (χ0n) is 15.3. The number of nitrogens with zero attached hydrogens (tertiary/aromatic N) is 2. The van der Waals surface area contributed by atoms with Crippen LogP contribution in [-0.2, 0) is 9.53 Å². The number of methoxy groups -OCH3 is 1. The molecule has 1 aliphatic heterocycles. The van der Waals surface area contributed by atoms with E-state index in [9.17, 15) is 19.1 Å². The summed E-state index contributed by atoms with van der Waals surface area (Å²) >= 11 is 1.16. The summed E-state index contributed by atoms with van der Waals surface area (Å²) in [5.41, 5.74) is 1.43. The van der Waals surface area contributed by atoms with Crippen molar-refractivity contribution in [1.29, 1.82) is 0 Å². The molecular weight excluding hydrogens is 383 g/mol. The Morgan fingerprint density at radius 1 is 1.25 bits per heavy atom. The van der Waals surface area contributed by atoms with Crippen LogP contribution in [0.15, 0.2) is 53.5 Å². The number of thioether (sulfide) groups is 1. The Bertz CT molecular complexity index is 899. The summed E-state index contributed by atoms with van der Waals surface area (Å²) in [4.78, 5) is 30.2. The van der Waals surface area contributed by atoms with E-state index in [4.69, 9.17) is 0 Å². The lowest BCUT2D eigenvalue weighted by molar-refractivity contribution is -0.127. The molecule has 1 heterocycles. The maximum Gasteiger partial charge on any atom is 0.337 e. The third kappa shape index (κ3) is 4.07. The van der Waals surface area contributed by atoms with Crippen LogP contribution < -0.4 is 0 Å². The molecule has 0 bridgehead atoms. The van der Waals surface area contributed by atoms with Gasteiger partial charge in [-0.2, -0.15) is 0 Å². The van der Waals surface area contributed by atoms with Crippen LogP contribution >= 0.6 is 11.8 Å². The number of aliphatic hydroxyl groups excluding tert-OH is 1. The first-order valence-corrected chi connectivity index (χ1v) is 9.51. The number of benzene rings is 2. The van der Waals surface area contributed by atoms with Gasteiger partial charge in [0.05, 0.1) is 18.4 Å². The van der Waals surface area contributed by atoms with Crippen molar-refractivity contribution >= 4 is 34.5 Å². The highest BCUT2D eigenvalue weighted by Gasteiger charge is 2.42. The van der Waals surface area contributed by atoms with Crippen molar-refractivity contribution in [1.82, 2.24) is 4.90 Å². The topological polar surface area (TPSA) is 79.2 Å². The van der Waals surface area contributed by atoms with Gasteiger partial charge in [0.15, 0.2) is 5.17 Å². The van der Waals surface area contributed by atoms with Crippen LogP contribution in [0.4, 0.5) is 10.1 Å². The molecule has 0 saturated carbocycles. The largest absolute Gasteiger partial charge is 0.465 e. The van der Waals surface area contributed by atoms with Gasteiger partial charge in [-0.1, -0.05) is 23.9 Å². The van der Waals surface area contributed by atoms with Gasteiger partial charge in [0.1, 0.15) is 17.2 Å². The quantitative estimate of drug-likeness (QED) is 0.777. The third-order valence-electron chi connectivity index (χ3n) is 4.30. The van der Waals surface area contributed by atoms with Gasteiger partial charge in [0.2, 0.25) is 5.91 Å². The number of aliphatic imine (C=N–C) groups is 1. The van der Waals surface area contributed by atoms with Crippen molar-refractivity contribution in [2.75, 3.05) is 13.7 Å². The predicted molar refractivity (Wildman–Crippen MR) is 105 cm³/mol. The van der Waals surface area contributed by atoms with Gasteiger partial charge in [-0.25, -0.2) is 14.2 Å². The number of carbonyl (C=O) groups is 2. The molecule has 1 saturated heterocycles. The molecule has 0 radical (unpaired) electrons. The van der Waals surface area contributed by atoms with Crippen LogP contribution in [-0.4, -0.2) is 46.0 Å². The maximum absolute atomic E-state index is 13.1. The number of rotatable bonds is 5. The molecule has 2 atom stereocenters. The lowest BCUT2D eigenvalue weighted by Crippen LogP contribution is -2.34. The van der Waals surface area contributed by atoms with Gasteiger partial charge in [-0.15, -0.1) is 0 Å². The van der Waals surface area contributed by atoms with E-state index in [0.717, 1.165) is 11.8 Å². The zero-order chi connectivity index (χ0) is 20.3. The van der Waals surface area contributed by atoms with Gasteiger partial charge in [0, 0.05) is 6.54 Å². The second-order valence-electron chi connectivity index (χ2n) is 6.05. The Morgan fingerprint density at radius 2 is 1.89 bits per heavy atom. The van der Waals surface area contributed by atoms with Crippen molar-refractivity contribution in [3.05, 3.63) is 65.5 Å². The average Bonchev–Trinajstić information content (AvgIpc) is 3.03. The molecule has 0 aliphatic carbocycles. The van der Waals surface area contributed by atoms with Gasteiger partial charge < -0.3 is 9.84 Å². The molecule has 0 spiro atoms. The Labute approximate surface area is 166 Å². The van der Waals surface area contributed by atoms with E-state index in [2.05, 4.69) is 9.73 Å². The summed E-state index contributed by atoms with van der Waals surface area (Å²) in [5.74, 6) is -1.11. The minimum absolute atomic E-state index is 0.255. The number of esters is 1. The first-order chi connectivity index (χ1) is 13.4. The van der Waals surface area contributed by atoms with Crippen LogP contribution in [0.25, 0.3) is 0 Å². The second kappa shape index (κ2) is 8.53. The Balaban J connectivity index is 1.83. The molecule has 3 rings (SSSR count). The number of halogens is 1. The fraction of sp³-hybridized carbons (Fsp3) is 0.250. The molecule has 2 aromatic carbocycles. The summed E-state index contributed by atoms with van der Waals surface area (Å²) in [5, 5.41) is 10.3. The second-order valence-corrected chi connectivity index (χ2v) is 7.16. The van der Waals surface area contributed by atoms with E-state index in [-0.39, 0.29) is 5.91 Å². The average molecular weight is 402 g/mol. The van der Waals surface area contributed by atoms with Crippen molar-refractivity contribution in [2.45, 2.75) is 18.3 Å². The number of amidine groups is 1. The molecular formula is C20H19FN2O4S. The smallest absolute Gasteiger partial charge is 0.337 e. The lowest BCUT2D eigenvalue weighted by atomic mass is 10.1. The molecule has 2 aromatic rings. The fourth-order valence-electron chi connectivity index (χ4n) is 2.79. The van der Waals surface area contributed by atoms with Gasteiger partial charge >= 0.3 is 5.97 Å². The highest BCUT2D eigenvalue weighted by Crippen LogP contribution is 2.37. The minimum Gasteiger partial charge on any atom is -0.465 e. The molecule has 1 amide bonds. The highest BCUT2D eigenvalue weighted by atomic mass is 32.2. The number of hydrogen-bond donors (Lipinski definition) is 1. The van der Waals surface area contributed by atoms with Crippen molar-refractivity contribution in [3.63, 3.8) is 0 Å². The van der Waals surface area contributed by atoms with Gasteiger partial charge in [0.25, 0.3) is 0 Å². The Kier molecular flexibility index (Phi) is 6.11. The SMILES string of the molecule is CCN1C(=O)C(C(O)c2ccc(F)cc2)SC1=Nc1ccc(C(=O)OC)cc1. The van der Waals surface area contributed by atoms with Crippen LogP contribution in [0, 0.1) is 5.82 Å². The molecule has 2 unspecified atom stereocenters. The summed E-state index contributed by atoms with van der Waals surface area (Å²) in [6.07, 6.45) is -1.08. The molecule has 1 fully saturated rings. The molecule has 6 nitrogen and oxygen atoms in total. The van der Waals surface area contributed by atoms with E-state index in [1.165, 1.54) is 36.3 Å². The number of amides is 1. The number of carbonyl (C=O) groups excluding carboxylic acids is 2. The lowest BCUT2D eigenvalue weighted by Gasteiger charge is -2.16. The Morgan fingerprint density at radius 3 is 2.46 bits per heavy atom. The molecule has 28 heavy (non-hydrogen) atoms. The summed E-state index contributed by atoms with van der Waals surface area (Å²) < 4.78 is 17.8. The van der Waals surface area contributed by atoms with E-state index in [0.29, 0.717) is 28.5 Å². The van der Waals surface area contributed by atoms with Crippen LogP contribution in [0.5, 0.6) is 0 Å². The summed E-state index contributed by atoms with van der Waals surface area (Å²) in [6.45, 7) is 2.22. The standard InChI is InChI=1S/C20H19FN2O4S/c1-3-23-18(25)17(16(24)12-4-8-14(21)9-5-12)28-20(23)22-15-10-6-13(7-11-15)19(26)27-2/h4-11,16-17,24H,3H2,1-2H3. The first-order valence-electron chi connectivity index (χ1n) is 8.63. The third-order valence-corrected chi connectivity index (χ3v) is 5.54. The van der Waals surface area contributed by atoms with Crippen molar-refractivity contribution < 1.29 is 23.8 Å². The minimum atomic E-state index is -1.08. The molecule has 146 valence electrons. The normalized spacial score (nSPS) is 19.1. The molecule has 0 aromatic heterocycles. The molecule has 1 N–H and O–H groups in total. The maximum atomic E-state index is 13.1. The van der Waals surface area contributed by atoms with Gasteiger partial charge in [-0.05, 0) is 48.9 Å². The van der Waals surface area contributed by atoms with E-state index < -0.39 is 23.1 Å². The predicted octanol–water partition coefficient (Wildman–Crippen LogP) is 3.30.